The van der Waals surface area contributed by atoms with Gasteiger partial charge in [-0.15, -0.1) is 0 Å². The maximum Gasteiger partial charge on any atom is 0.0585 e. The van der Waals surface area contributed by atoms with Crippen LogP contribution in [-0.2, 0) is 10.2 Å². The summed E-state index contributed by atoms with van der Waals surface area (Å²) >= 11 is 0. The highest BCUT2D eigenvalue weighted by Gasteiger charge is 2.49. The maximum atomic E-state index is 5.47. The van der Waals surface area contributed by atoms with E-state index in [0.717, 1.165) is 13.2 Å². The predicted molar refractivity (Wildman–Crippen MR) is 60.9 cm³/mol. The lowest BCUT2D eigenvalue weighted by Gasteiger charge is -2.44. The van der Waals surface area contributed by atoms with Gasteiger partial charge >= 0.3 is 0 Å². The van der Waals surface area contributed by atoms with Gasteiger partial charge in [0.25, 0.3) is 0 Å². The number of rotatable bonds is 3. The fourth-order valence-corrected chi connectivity index (χ4v) is 2.72. The van der Waals surface area contributed by atoms with E-state index < -0.39 is 0 Å². The molecule has 80 valence electrons. The number of hydrogen-bond donors (Lipinski definition) is 0. The van der Waals surface area contributed by atoms with E-state index in [1.165, 1.54) is 24.8 Å². The Morgan fingerprint density at radius 3 is 2.27 bits per heavy atom. The molecule has 0 bridgehead atoms. The topological polar surface area (TPSA) is 9.23 Å². The molecule has 0 amide bonds. The molecule has 1 aliphatic carbocycles. The molecule has 0 N–H and O–H groups in total. The van der Waals surface area contributed by atoms with Gasteiger partial charge in [0.05, 0.1) is 13.2 Å². The molecule has 3 rings (SSSR count). The van der Waals surface area contributed by atoms with Gasteiger partial charge in [-0.3, -0.25) is 0 Å². The predicted octanol–water partition coefficient (Wildman–Crippen LogP) is 3.14. The van der Waals surface area contributed by atoms with Crippen molar-refractivity contribution in [3.63, 3.8) is 0 Å². The summed E-state index contributed by atoms with van der Waals surface area (Å²) < 4.78 is 5.47. The lowest BCUT2D eigenvalue weighted by molar-refractivity contribution is -0.0726. The Hall–Kier alpha value is -0.820. The largest absolute Gasteiger partial charge is 0.379 e. The molecule has 2 aliphatic rings. The van der Waals surface area contributed by atoms with Crippen LogP contribution in [0.4, 0.5) is 0 Å². The molecule has 2 fully saturated rings. The van der Waals surface area contributed by atoms with Gasteiger partial charge in [0.2, 0.25) is 0 Å². The summed E-state index contributed by atoms with van der Waals surface area (Å²) in [5, 5.41) is 0. The van der Waals surface area contributed by atoms with Crippen LogP contribution in [0.25, 0.3) is 0 Å². The SMILES string of the molecule is CC1(CC2(c3ccccc3)COC2)CC1. The first-order chi connectivity index (χ1) is 7.23. The third-order valence-corrected chi connectivity index (χ3v) is 4.01. The molecule has 1 saturated carbocycles. The number of ether oxygens (including phenoxy) is 1. The van der Waals surface area contributed by atoms with E-state index in [-0.39, 0.29) is 0 Å². The van der Waals surface area contributed by atoms with Crippen LogP contribution in [0.3, 0.4) is 0 Å². The van der Waals surface area contributed by atoms with Gasteiger partial charge in [0, 0.05) is 5.41 Å². The minimum Gasteiger partial charge on any atom is -0.379 e. The molecule has 15 heavy (non-hydrogen) atoms. The summed E-state index contributed by atoms with van der Waals surface area (Å²) in [7, 11) is 0. The van der Waals surface area contributed by atoms with Crippen LogP contribution in [0.2, 0.25) is 0 Å². The summed E-state index contributed by atoms with van der Waals surface area (Å²) in [6.07, 6.45) is 4.12. The summed E-state index contributed by atoms with van der Waals surface area (Å²) in [5.74, 6) is 0. The summed E-state index contributed by atoms with van der Waals surface area (Å²) in [4.78, 5) is 0. The average molecular weight is 202 g/mol. The van der Waals surface area contributed by atoms with E-state index in [4.69, 9.17) is 4.74 Å². The van der Waals surface area contributed by atoms with Crippen molar-refractivity contribution in [2.24, 2.45) is 5.41 Å². The fourth-order valence-electron chi connectivity index (χ4n) is 2.72. The minimum absolute atomic E-state index is 0.340. The van der Waals surface area contributed by atoms with Crippen LogP contribution < -0.4 is 0 Å². The molecule has 1 aromatic carbocycles. The van der Waals surface area contributed by atoms with E-state index in [1.807, 2.05) is 0 Å². The Morgan fingerprint density at radius 1 is 1.13 bits per heavy atom. The van der Waals surface area contributed by atoms with Crippen molar-refractivity contribution in [2.75, 3.05) is 13.2 Å². The van der Waals surface area contributed by atoms with Crippen molar-refractivity contribution in [1.82, 2.24) is 0 Å². The summed E-state index contributed by atoms with van der Waals surface area (Å²) in [5.41, 5.74) is 2.43. The summed E-state index contributed by atoms with van der Waals surface area (Å²) in [6, 6.07) is 10.9. The van der Waals surface area contributed by atoms with E-state index >= 15 is 0 Å². The van der Waals surface area contributed by atoms with Crippen molar-refractivity contribution in [3.05, 3.63) is 35.9 Å². The molecule has 1 heteroatoms. The zero-order chi connectivity index (χ0) is 10.4. The van der Waals surface area contributed by atoms with Gasteiger partial charge in [-0.05, 0) is 30.2 Å². The molecule has 1 saturated heterocycles. The van der Waals surface area contributed by atoms with Crippen LogP contribution in [0.5, 0.6) is 0 Å². The molecule has 1 aromatic rings. The average Bonchev–Trinajstić information content (AvgIpc) is 2.92. The van der Waals surface area contributed by atoms with Crippen LogP contribution in [0.15, 0.2) is 30.3 Å². The van der Waals surface area contributed by atoms with Gasteiger partial charge in [-0.25, -0.2) is 0 Å². The molecule has 1 aliphatic heterocycles. The van der Waals surface area contributed by atoms with Crippen molar-refractivity contribution < 1.29 is 4.74 Å². The minimum atomic E-state index is 0.340. The molecule has 0 aromatic heterocycles. The number of hydrogen-bond acceptors (Lipinski definition) is 1. The Morgan fingerprint density at radius 2 is 1.80 bits per heavy atom. The molecule has 0 atom stereocenters. The smallest absolute Gasteiger partial charge is 0.0585 e. The lowest BCUT2D eigenvalue weighted by atomic mass is 9.71. The first-order valence-electron chi connectivity index (χ1n) is 5.86. The Balaban J connectivity index is 1.86. The second-order valence-electron chi connectivity index (χ2n) is 5.63. The Kier molecular flexibility index (Phi) is 1.93. The van der Waals surface area contributed by atoms with E-state index in [0.29, 0.717) is 10.8 Å². The van der Waals surface area contributed by atoms with E-state index in [9.17, 15) is 0 Å². The molecular weight excluding hydrogens is 184 g/mol. The van der Waals surface area contributed by atoms with Gasteiger partial charge in [-0.1, -0.05) is 37.3 Å². The maximum absolute atomic E-state index is 5.47. The van der Waals surface area contributed by atoms with Crippen LogP contribution in [-0.4, -0.2) is 13.2 Å². The van der Waals surface area contributed by atoms with Crippen LogP contribution >= 0.6 is 0 Å². The van der Waals surface area contributed by atoms with Gasteiger partial charge in [0.1, 0.15) is 0 Å². The Bertz CT molecular complexity index is 347. The van der Waals surface area contributed by atoms with Gasteiger partial charge < -0.3 is 4.74 Å². The van der Waals surface area contributed by atoms with Crippen molar-refractivity contribution in [3.8, 4) is 0 Å². The fraction of sp³-hybridized carbons (Fsp3) is 0.571. The zero-order valence-corrected chi connectivity index (χ0v) is 9.33. The van der Waals surface area contributed by atoms with Gasteiger partial charge in [-0.2, -0.15) is 0 Å². The normalized spacial score (nSPS) is 25.7. The van der Waals surface area contributed by atoms with Crippen molar-refractivity contribution in [1.29, 1.82) is 0 Å². The highest BCUT2D eigenvalue weighted by molar-refractivity contribution is 5.29. The Labute approximate surface area is 91.5 Å². The highest BCUT2D eigenvalue weighted by atomic mass is 16.5. The van der Waals surface area contributed by atoms with Crippen molar-refractivity contribution in [2.45, 2.75) is 31.6 Å². The molecule has 0 radical (unpaired) electrons. The highest BCUT2D eigenvalue weighted by Crippen LogP contribution is 2.55. The van der Waals surface area contributed by atoms with Crippen LogP contribution in [0, 0.1) is 5.41 Å². The quantitative estimate of drug-likeness (QED) is 0.731. The third-order valence-electron chi connectivity index (χ3n) is 4.01. The number of benzene rings is 1. The second kappa shape index (κ2) is 3.08. The van der Waals surface area contributed by atoms with Gasteiger partial charge in [0.15, 0.2) is 0 Å². The first kappa shape index (κ1) is 9.41. The van der Waals surface area contributed by atoms with Crippen LogP contribution in [0.1, 0.15) is 31.7 Å². The van der Waals surface area contributed by atoms with E-state index in [2.05, 4.69) is 37.3 Å². The third kappa shape index (κ3) is 1.59. The van der Waals surface area contributed by atoms with E-state index in [1.54, 1.807) is 0 Å². The zero-order valence-electron chi connectivity index (χ0n) is 9.33. The first-order valence-corrected chi connectivity index (χ1v) is 5.86. The molecular formula is C14H18O. The standard InChI is InChI=1S/C14H18O/c1-13(7-8-13)9-14(10-15-11-14)12-5-3-2-4-6-12/h2-6H,7-11H2,1H3. The molecule has 0 unspecified atom stereocenters. The second-order valence-corrected chi connectivity index (χ2v) is 5.63. The molecule has 0 spiro atoms. The summed E-state index contributed by atoms with van der Waals surface area (Å²) in [6.45, 7) is 4.26. The van der Waals surface area contributed by atoms with Crippen molar-refractivity contribution >= 4 is 0 Å². The molecule has 1 nitrogen and oxygen atoms in total. The lowest BCUT2D eigenvalue weighted by Crippen LogP contribution is -2.48. The monoisotopic (exact) mass is 202 g/mol. The molecule has 1 heterocycles.